The summed E-state index contributed by atoms with van der Waals surface area (Å²) >= 11 is 0. The lowest BCUT2D eigenvalue weighted by molar-refractivity contribution is -0.186. The van der Waals surface area contributed by atoms with Crippen LogP contribution in [0.3, 0.4) is 0 Å². The molecule has 1 aromatic carbocycles. The van der Waals surface area contributed by atoms with Crippen molar-refractivity contribution < 1.29 is 19.1 Å². The Morgan fingerprint density at radius 2 is 1.44 bits per heavy atom. The molecule has 0 saturated heterocycles. The van der Waals surface area contributed by atoms with Crippen LogP contribution in [0.4, 0.5) is 5.69 Å². The molecule has 0 radical (unpaired) electrons. The maximum atomic E-state index is 11.0. The number of hydrogen-bond donors (Lipinski definition) is 0. The lowest BCUT2D eigenvalue weighted by Gasteiger charge is -2.18. The topological polar surface area (TPSA) is 55.8 Å². The second-order valence-electron chi connectivity index (χ2n) is 4.04. The van der Waals surface area contributed by atoms with E-state index in [2.05, 4.69) is 0 Å². The van der Waals surface area contributed by atoms with Gasteiger partial charge < -0.3 is 14.4 Å². The molecule has 0 spiro atoms. The summed E-state index contributed by atoms with van der Waals surface area (Å²) in [6.45, 7) is 2.54. The molecule has 1 aromatic rings. The van der Waals surface area contributed by atoms with E-state index in [1.54, 1.807) is 12.1 Å². The number of hydrogen-bond acceptors (Lipinski definition) is 5. The summed E-state index contributed by atoms with van der Waals surface area (Å²) in [5, 5.41) is 0. The fourth-order valence-corrected chi connectivity index (χ4v) is 1.39. The Kier molecular flexibility index (Phi) is 4.71. The zero-order chi connectivity index (χ0) is 13.7. The summed E-state index contributed by atoms with van der Waals surface area (Å²) in [7, 11) is 3.84. The predicted molar refractivity (Wildman–Crippen MR) is 67.0 cm³/mol. The van der Waals surface area contributed by atoms with Crippen LogP contribution in [0.5, 0.6) is 0 Å². The molecule has 0 N–H and O–H groups in total. The van der Waals surface area contributed by atoms with Gasteiger partial charge in [0.15, 0.2) is 0 Å². The molecule has 0 aromatic heterocycles. The van der Waals surface area contributed by atoms with Crippen molar-refractivity contribution in [2.75, 3.05) is 19.0 Å². The molecule has 0 heterocycles. The average Bonchev–Trinajstić information content (AvgIpc) is 2.27. The molecule has 0 fully saturated rings. The molecule has 0 aliphatic rings. The number of benzene rings is 1. The molecule has 0 aliphatic heterocycles. The minimum atomic E-state index is -0.990. The Hall–Kier alpha value is -2.04. The van der Waals surface area contributed by atoms with Gasteiger partial charge in [-0.15, -0.1) is 0 Å². The van der Waals surface area contributed by atoms with Gasteiger partial charge in [-0.2, -0.15) is 0 Å². The van der Waals surface area contributed by atoms with Gasteiger partial charge in [0.25, 0.3) is 6.29 Å². The quantitative estimate of drug-likeness (QED) is 0.604. The van der Waals surface area contributed by atoms with Gasteiger partial charge in [0.05, 0.1) is 0 Å². The van der Waals surface area contributed by atoms with E-state index in [0.29, 0.717) is 5.56 Å². The first-order valence-corrected chi connectivity index (χ1v) is 5.52. The highest BCUT2D eigenvalue weighted by molar-refractivity contribution is 5.68. The molecule has 1 rings (SSSR count). The summed E-state index contributed by atoms with van der Waals surface area (Å²) in [6.07, 6.45) is -0.990. The van der Waals surface area contributed by atoms with E-state index in [9.17, 15) is 9.59 Å². The van der Waals surface area contributed by atoms with Crippen LogP contribution in [0.1, 0.15) is 25.7 Å². The van der Waals surface area contributed by atoms with E-state index in [1.165, 1.54) is 13.8 Å². The summed E-state index contributed by atoms with van der Waals surface area (Å²) in [5.74, 6) is -1.00. The van der Waals surface area contributed by atoms with E-state index in [-0.39, 0.29) is 0 Å². The molecule has 0 aliphatic carbocycles. The van der Waals surface area contributed by atoms with E-state index in [4.69, 9.17) is 9.47 Å². The third-order valence-corrected chi connectivity index (χ3v) is 2.23. The normalized spacial score (nSPS) is 10.1. The number of anilines is 1. The van der Waals surface area contributed by atoms with Crippen LogP contribution in [0, 0.1) is 0 Å². The average molecular weight is 251 g/mol. The number of carbonyl (C=O) groups is 2. The molecule has 0 amide bonds. The SMILES string of the molecule is CC(=O)OC(OC(C)=O)c1ccc(N(C)C)cc1. The molecular formula is C13H17NO4. The van der Waals surface area contributed by atoms with Crippen LogP contribution in [-0.4, -0.2) is 26.0 Å². The van der Waals surface area contributed by atoms with Crippen LogP contribution in [0.25, 0.3) is 0 Å². The molecule has 0 atom stereocenters. The van der Waals surface area contributed by atoms with Crippen molar-refractivity contribution in [2.45, 2.75) is 20.1 Å². The van der Waals surface area contributed by atoms with Crippen LogP contribution in [0.2, 0.25) is 0 Å². The van der Waals surface area contributed by atoms with Crippen molar-refractivity contribution in [1.29, 1.82) is 0 Å². The minimum absolute atomic E-state index is 0.502. The molecular weight excluding hydrogens is 234 g/mol. The first-order chi connectivity index (χ1) is 8.40. The second kappa shape index (κ2) is 6.05. The van der Waals surface area contributed by atoms with E-state index in [0.717, 1.165) is 5.69 Å². The summed E-state index contributed by atoms with van der Waals surface area (Å²) in [5.41, 5.74) is 1.62. The lowest BCUT2D eigenvalue weighted by Crippen LogP contribution is -2.15. The van der Waals surface area contributed by atoms with Crippen molar-refractivity contribution in [1.82, 2.24) is 0 Å². The Morgan fingerprint density at radius 1 is 1.00 bits per heavy atom. The van der Waals surface area contributed by atoms with Crippen LogP contribution in [-0.2, 0) is 19.1 Å². The molecule has 0 unspecified atom stereocenters. The van der Waals surface area contributed by atoms with E-state index >= 15 is 0 Å². The van der Waals surface area contributed by atoms with Crippen LogP contribution in [0.15, 0.2) is 24.3 Å². The van der Waals surface area contributed by atoms with Crippen molar-refractivity contribution in [2.24, 2.45) is 0 Å². The van der Waals surface area contributed by atoms with Crippen molar-refractivity contribution in [3.05, 3.63) is 29.8 Å². The zero-order valence-corrected chi connectivity index (χ0v) is 11.0. The largest absolute Gasteiger partial charge is 0.421 e. The Morgan fingerprint density at radius 3 is 1.78 bits per heavy atom. The molecule has 5 heteroatoms. The predicted octanol–water partition coefficient (Wildman–Crippen LogP) is 1.88. The van der Waals surface area contributed by atoms with Gasteiger partial charge in [-0.1, -0.05) is 0 Å². The first-order valence-electron chi connectivity index (χ1n) is 5.52. The van der Waals surface area contributed by atoms with Crippen molar-refractivity contribution in [3.8, 4) is 0 Å². The Balaban J connectivity index is 2.90. The molecule has 0 saturated carbocycles. The molecule has 5 nitrogen and oxygen atoms in total. The number of nitrogens with zero attached hydrogens (tertiary/aromatic N) is 1. The number of ether oxygens (including phenoxy) is 2. The number of rotatable bonds is 4. The number of carbonyl (C=O) groups excluding carboxylic acids is 2. The highest BCUT2D eigenvalue weighted by Crippen LogP contribution is 2.22. The summed E-state index contributed by atoms with van der Waals surface area (Å²) in [4.78, 5) is 23.9. The highest BCUT2D eigenvalue weighted by atomic mass is 16.7. The maximum absolute atomic E-state index is 11.0. The van der Waals surface area contributed by atoms with Crippen LogP contribution >= 0.6 is 0 Å². The van der Waals surface area contributed by atoms with Crippen LogP contribution < -0.4 is 4.90 Å². The number of esters is 2. The monoisotopic (exact) mass is 251 g/mol. The molecule has 18 heavy (non-hydrogen) atoms. The molecule has 98 valence electrons. The Bertz CT molecular complexity index is 409. The van der Waals surface area contributed by atoms with Gasteiger partial charge in [-0.25, -0.2) is 0 Å². The Labute approximate surface area is 106 Å². The minimum Gasteiger partial charge on any atom is -0.421 e. The molecule has 0 bridgehead atoms. The third-order valence-electron chi connectivity index (χ3n) is 2.23. The van der Waals surface area contributed by atoms with E-state index in [1.807, 2.05) is 31.1 Å². The van der Waals surface area contributed by atoms with Crippen molar-refractivity contribution in [3.63, 3.8) is 0 Å². The third kappa shape index (κ3) is 4.08. The lowest BCUT2D eigenvalue weighted by atomic mass is 10.2. The van der Waals surface area contributed by atoms with Gasteiger partial charge in [0, 0.05) is 39.2 Å². The van der Waals surface area contributed by atoms with Gasteiger partial charge >= 0.3 is 11.9 Å². The zero-order valence-electron chi connectivity index (χ0n) is 11.0. The fraction of sp³-hybridized carbons (Fsp3) is 0.385. The van der Waals surface area contributed by atoms with Gasteiger partial charge in [0.2, 0.25) is 0 Å². The fourth-order valence-electron chi connectivity index (χ4n) is 1.39. The second-order valence-corrected chi connectivity index (χ2v) is 4.04. The van der Waals surface area contributed by atoms with Gasteiger partial charge in [-0.05, 0) is 24.3 Å². The first kappa shape index (κ1) is 14.0. The van der Waals surface area contributed by atoms with Gasteiger partial charge in [0.1, 0.15) is 0 Å². The standard InChI is InChI=1S/C13H17NO4/c1-9(15)17-13(18-10(2)16)11-5-7-12(8-6-11)14(3)4/h5-8,13H,1-4H3. The summed E-state index contributed by atoms with van der Waals surface area (Å²) < 4.78 is 9.90. The smallest absolute Gasteiger partial charge is 0.305 e. The highest BCUT2D eigenvalue weighted by Gasteiger charge is 2.17. The van der Waals surface area contributed by atoms with Crippen molar-refractivity contribution >= 4 is 17.6 Å². The van der Waals surface area contributed by atoms with E-state index < -0.39 is 18.2 Å². The maximum Gasteiger partial charge on any atom is 0.305 e. The van der Waals surface area contributed by atoms with Gasteiger partial charge in [-0.3, -0.25) is 9.59 Å². The summed E-state index contributed by atoms with van der Waals surface area (Å²) in [6, 6.07) is 7.22.